The molecule has 2 atom stereocenters. The van der Waals surface area contributed by atoms with E-state index >= 15 is 0 Å². The number of benzene rings is 1. The van der Waals surface area contributed by atoms with Gasteiger partial charge in [-0.25, -0.2) is 4.79 Å². The summed E-state index contributed by atoms with van der Waals surface area (Å²) in [5.74, 6) is -0.155. The van der Waals surface area contributed by atoms with Gasteiger partial charge in [-0.15, -0.1) is 0 Å². The molecule has 7 heteroatoms. The van der Waals surface area contributed by atoms with E-state index < -0.39 is 11.0 Å². The van der Waals surface area contributed by atoms with Gasteiger partial charge in [0, 0.05) is 18.3 Å². The number of hydrogen-bond acceptors (Lipinski definition) is 4. The van der Waals surface area contributed by atoms with Crippen molar-refractivity contribution in [3.63, 3.8) is 0 Å². The lowest BCUT2D eigenvalue weighted by molar-refractivity contribution is -0.218. The quantitative estimate of drug-likeness (QED) is 0.507. The Morgan fingerprint density at radius 1 is 1.23 bits per heavy atom. The van der Waals surface area contributed by atoms with E-state index in [4.69, 9.17) is 21.1 Å². The summed E-state index contributed by atoms with van der Waals surface area (Å²) in [7, 11) is 3.19. The largest absolute Gasteiger partial charge is 0.469 e. The van der Waals surface area contributed by atoms with E-state index in [0.717, 1.165) is 53.8 Å². The fourth-order valence-electron chi connectivity index (χ4n) is 6.73. The summed E-state index contributed by atoms with van der Waals surface area (Å²) in [5.41, 5.74) is 2.28. The number of carbonyl (C=O) groups is 2. The maximum Gasteiger partial charge on any atom is 0.322 e. The number of amides is 2. The molecule has 0 saturated heterocycles. The van der Waals surface area contributed by atoms with Crippen LogP contribution in [0.1, 0.15) is 76.8 Å². The highest BCUT2D eigenvalue weighted by Gasteiger charge is 2.75. The van der Waals surface area contributed by atoms with Gasteiger partial charge in [0.1, 0.15) is 0 Å². The monoisotopic (exact) mass is 500 g/mol. The van der Waals surface area contributed by atoms with Crippen molar-refractivity contribution in [2.24, 2.45) is 10.8 Å². The van der Waals surface area contributed by atoms with Crippen molar-refractivity contribution in [3.05, 3.63) is 46.1 Å². The first-order valence-corrected chi connectivity index (χ1v) is 13.1. The van der Waals surface area contributed by atoms with E-state index in [9.17, 15) is 9.59 Å². The number of ether oxygens (including phenoxy) is 2. The molecule has 1 heterocycles. The maximum atomic E-state index is 13.5. The van der Waals surface area contributed by atoms with Crippen LogP contribution in [0.2, 0.25) is 5.02 Å². The van der Waals surface area contributed by atoms with Crippen molar-refractivity contribution in [1.82, 2.24) is 10.2 Å². The number of nitrogens with zero attached hydrogens (tertiary/aromatic N) is 1. The van der Waals surface area contributed by atoms with Crippen LogP contribution < -0.4 is 5.32 Å². The molecular weight excluding hydrogens is 464 g/mol. The molecule has 0 spiro atoms. The fourth-order valence-corrected chi connectivity index (χ4v) is 7.00. The van der Waals surface area contributed by atoms with Gasteiger partial charge in [0.2, 0.25) is 0 Å². The van der Waals surface area contributed by atoms with Crippen LogP contribution in [-0.4, -0.2) is 42.8 Å². The number of methoxy groups -OCH3 is 2. The predicted octanol–water partition coefficient (Wildman–Crippen LogP) is 5.72. The topological polar surface area (TPSA) is 67.9 Å². The molecule has 1 aromatic carbocycles. The van der Waals surface area contributed by atoms with Crippen molar-refractivity contribution in [1.29, 1.82) is 0 Å². The minimum Gasteiger partial charge on any atom is -0.469 e. The lowest BCUT2D eigenvalue weighted by Gasteiger charge is -2.71. The highest BCUT2D eigenvalue weighted by Crippen LogP contribution is 2.71. The number of aryl methyl sites for hydroxylation is 1. The van der Waals surface area contributed by atoms with E-state index in [2.05, 4.69) is 38.2 Å². The first kappa shape index (κ1) is 24.6. The van der Waals surface area contributed by atoms with Crippen molar-refractivity contribution in [2.75, 3.05) is 14.2 Å². The highest BCUT2D eigenvalue weighted by atomic mass is 35.5. The standard InChI is InChI=1S/C28H37ClN2O4/c1-25(2,3)10-8-18-6-7-19(13-22(18)29)28-11-9-21(34-4)12-20(28)14-31(24(33)30-28)27-15-26(16-27,17-27)23(32)35-5/h6-7,13-14,21H,8-12,15-17H2,1-5H3,(H,30,33). The maximum absolute atomic E-state index is 13.5. The number of halogens is 1. The van der Waals surface area contributed by atoms with Gasteiger partial charge in [-0.2, -0.15) is 0 Å². The summed E-state index contributed by atoms with van der Waals surface area (Å²) in [6.45, 7) is 6.71. The summed E-state index contributed by atoms with van der Waals surface area (Å²) in [5, 5.41) is 4.14. The van der Waals surface area contributed by atoms with Crippen molar-refractivity contribution in [2.45, 2.75) is 89.3 Å². The zero-order valence-electron chi connectivity index (χ0n) is 21.5. The molecule has 2 amide bonds. The molecule has 4 aliphatic carbocycles. The summed E-state index contributed by atoms with van der Waals surface area (Å²) in [6.07, 6.45) is 8.49. The molecule has 1 N–H and O–H groups in total. The average molecular weight is 501 g/mol. The van der Waals surface area contributed by atoms with Crippen molar-refractivity contribution < 1.29 is 19.1 Å². The van der Waals surface area contributed by atoms with E-state index in [1.54, 1.807) is 7.11 Å². The molecule has 6 nitrogen and oxygen atoms in total. The molecule has 6 rings (SSSR count). The highest BCUT2D eigenvalue weighted by molar-refractivity contribution is 6.31. The molecular formula is C28H37ClN2O4. The number of rotatable bonds is 6. The van der Waals surface area contributed by atoms with Gasteiger partial charge in [-0.05, 0) is 79.5 Å². The van der Waals surface area contributed by atoms with Gasteiger partial charge in [0.15, 0.2) is 0 Å². The number of nitrogens with one attached hydrogen (secondary N) is 1. The number of carbonyl (C=O) groups excluding carboxylic acids is 2. The van der Waals surface area contributed by atoms with E-state index in [1.807, 2.05) is 17.2 Å². The third kappa shape index (κ3) is 3.88. The van der Waals surface area contributed by atoms with Crippen LogP contribution in [0.3, 0.4) is 0 Å². The third-order valence-electron chi connectivity index (χ3n) is 8.82. The molecule has 35 heavy (non-hydrogen) atoms. The summed E-state index contributed by atoms with van der Waals surface area (Å²) in [6, 6.07) is 6.20. The number of hydrogen-bond donors (Lipinski definition) is 1. The molecule has 5 aliphatic rings. The molecule has 1 aliphatic heterocycles. The van der Waals surface area contributed by atoms with Gasteiger partial charge in [-0.3, -0.25) is 9.69 Å². The Morgan fingerprint density at radius 3 is 2.54 bits per heavy atom. The number of fused-ring (bicyclic) bond motifs is 1. The van der Waals surface area contributed by atoms with Crippen LogP contribution >= 0.6 is 11.6 Å². The van der Waals surface area contributed by atoms with Crippen LogP contribution in [0.5, 0.6) is 0 Å². The smallest absolute Gasteiger partial charge is 0.322 e. The van der Waals surface area contributed by atoms with E-state index in [1.165, 1.54) is 7.11 Å². The lowest BCUT2D eigenvalue weighted by atomic mass is 9.38. The molecule has 0 aromatic heterocycles. The molecule has 1 aromatic rings. The Labute approximate surface area is 213 Å². The Balaban J connectivity index is 1.45. The lowest BCUT2D eigenvalue weighted by Crippen LogP contribution is -2.79. The van der Waals surface area contributed by atoms with Gasteiger partial charge >= 0.3 is 12.0 Å². The zero-order valence-corrected chi connectivity index (χ0v) is 22.3. The molecule has 2 bridgehead atoms. The first-order chi connectivity index (χ1) is 16.5. The second kappa shape index (κ2) is 8.24. The van der Waals surface area contributed by atoms with E-state index in [0.29, 0.717) is 19.3 Å². The Kier molecular flexibility index (Phi) is 5.80. The van der Waals surface area contributed by atoms with Crippen LogP contribution in [0.4, 0.5) is 4.79 Å². The second-order valence-electron chi connectivity index (χ2n) is 12.4. The van der Waals surface area contributed by atoms with Gasteiger partial charge in [0.25, 0.3) is 0 Å². The van der Waals surface area contributed by atoms with Gasteiger partial charge in [0.05, 0.1) is 29.7 Å². The van der Waals surface area contributed by atoms with Crippen LogP contribution in [-0.2, 0) is 26.2 Å². The fraction of sp³-hybridized carbons (Fsp3) is 0.643. The zero-order chi connectivity index (χ0) is 25.2. The normalized spacial score (nSPS) is 33.7. The molecule has 190 valence electrons. The summed E-state index contributed by atoms with van der Waals surface area (Å²) in [4.78, 5) is 27.6. The van der Waals surface area contributed by atoms with Crippen LogP contribution in [0, 0.1) is 10.8 Å². The molecule has 4 fully saturated rings. The Hall–Kier alpha value is -2.05. The van der Waals surface area contributed by atoms with Gasteiger partial charge < -0.3 is 14.8 Å². The average Bonchev–Trinajstić information content (AvgIpc) is 2.75. The first-order valence-electron chi connectivity index (χ1n) is 12.7. The summed E-state index contributed by atoms with van der Waals surface area (Å²) >= 11 is 6.78. The van der Waals surface area contributed by atoms with Crippen LogP contribution in [0.15, 0.2) is 30.0 Å². The third-order valence-corrected chi connectivity index (χ3v) is 9.17. The summed E-state index contributed by atoms with van der Waals surface area (Å²) < 4.78 is 10.7. The Bertz CT molecular complexity index is 1070. The molecule has 2 unspecified atom stereocenters. The van der Waals surface area contributed by atoms with Crippen molar-refractivity contribution >= 4 is 23.6 Å². The molecule has 0 radical (unpaired) electrons. The van der Waals surface area contributed by atoms with Crippen LogP contribution in [0.25, 0.3) is 0 Å². The minimum absolute atomic E-state index is 0.101. The second-order valence-corrected chi connectivity index (χ2v) is 12.8. The minimum atomic E-state index is -0.585. The molecule has 4 saturated carbocycles. The van der Waals surface area contributed by atoms with Crippen molar-refractivity contribution in [3.8, 4) is 0 Å². The van der Waals surface area contributed by atoms with Gasteiger partial charge in [-0.1, -0.05) is 44.5 Å². The van der Waals surface area contributed by atoms with E-state index in [-0.39, 0.29) is 29.1 Å². The number of urea groups is 1. The Morgan fingerprint density at radius 2 is 1.94 bits per heavy atom. The number of esters is 1. The SMILES string of the molecule is COC(=O)C12CC(N3C=C4CC(OC)CCC4(c4ccc(CCC(C)(C)C)c(Cl)c4)NC3=O)(C1)C2. The predicted molar refractivity (Wildman–Crippen MR) is 135 cm³/mol.